The number of esters is 1. The summed E-state index contributed by atoms with van der Waals surface area (Å²) in [7, 11) is 0. The maximum absolute atomic E-state index is 11.8. The molecule has 1 aromatic carbocycles. The summed E-state index contributed by atoms with van der Waals surface area (Å²) in [6.07, 6.45) is 4.44. The first-order valence-corrected chi connectivity index (χ1v) is 8.26. The van der Waals surface area contributed by atoms with Crippen molar-refractivity contribution < 1.29 is 19.1 Å². The molecule has 1 N–H and O–H groups in total. The molecule has 0 bridgehead atoms. The number of hydrogen-bond donors (Lipinski definition) is 1. The lowest BCUT2D eigenvalue weighted by Gasteiger charge is -2.29. The van der Waals surface area contributed by atoms with Gasteiger partial charge in [-0.3, -0.25) is 4.79 Å². The number of hydrogen-bond acceptors (Lipinski definition) is 4. The molecule has 1 aliphatic rings. The molecule has 0 unspecified atom stereocenters. The first kappa shape index (κ1) is 17.6. The number of benzene rings is 1. The Morgan fingerprint density at radius 1 is 1.22 bits per heavy atom. The van der Waals surface area contributed by atoms with Crippen LogP contribution >= 0.6 is 11.6 Å². The third-order valence-electron chi connectivity index (χ3n) is 4.00. The lowest BCUT2D eigenvalue weighted by Crippen LogP contribution is -2.43. The van der Waals surface area contributed by atoms with Crippen LogP contribution in [0.25, 0.3) is 0 Å². The van der Waals surface area contributed by atoms with Crippen LogP contribution in [0.4, 0.5) is 0 Å². The molecule has 0 radical (unpaired) electrons. The molecule has 1 fully saturated rings. The largest absolute Gasteiger partial charge is 0.480 e. The molecule has 0 saturated heterocycles. The molecule has 0 spiro atoms. The van der Waals surface area contributed by atoms with Gasteiger partial charge in [0.1, 0.15) is 5.75 Å². The summed E-state index contributed by atoms with van der Waals surface area (Å²) in [6.45, 7) is 1.57. The summed E-state index contributed by atoms with van der Waals surface area (Å²) in [5.74, 6) is 0.00478. The number of para-hydroxylation sites is 1. The number of rotatable bonds is 6. The van der Waals surface area contributed by atoms with Crippen molar-refractivity contribution >= 4 is 23.5 Å². The summed E-state index contributed by atoms with van der Waals surface area (Å²) in [4.78, 5) is 23.5. The summed E-state index contributed by atoms with van der Waals surface area (Å²) in [5.41, 5.74) is 0. The molecule has 0 heterocycles. The van der Waals surface area contributed by atoms with Gasteiger partial charge in [-0.1, -0.05) is 43.5 Å². The Hall–Kier alpha value is -1.75. The van der Waals surface area contributed by atoms with Crippen LogP contribution in [0.2, 0.25) is 5.02 Å². The number of carbonyl (C=O) groups excluding carboxylic acids is 2. The van der Waals surface area contributed by atoms with Gasteiger partial charge in [-0.05, 0) is 30.9 Å². The Bertz CT molecular complexity index is 549. The molecule has 0 aliphatic heterocycles. The van der Waals surface area contributed by atoms with Crippen LogP contribution in [0.3, 0.4) is 0 Å². The third-order valence-corrected chi connectivity index (χ3v) is 4.32. The SMILES string of the molecule is C[C@H]1CCCC[C@@H]1NC(=O)COC(=O)COc1ccccc1Cl. The van der Waals surface area contributed by atoms with E-state index in [2.05, 4.69) is 12.2 Å². The molecule has 0 aromatic heterocycles. The second-order valence-electron chi connectivity index (χ2n) is 5.82. The minimum Gasteiger partial charge on any atom is -0.480 e. The zero-order valence-electron chi connectivity index (χ0n) is 13.2. The lowest BCUT2D eigenvalue weighted by molar-refractivity contribution is -0.150. The molecular weight excluding hydrogens is 318 g/mol. The smallest absolute Gasteiger partial charge is 0.344 e. The van der Waals surface area contributed by atoms with E-state index in [0.717, 1.165) is 19.3 Å². The van der Waals surface area contributed by atoms with Gasteiger partial charge in [0.25, 0.3) is 5.91 Å². The summed E-state index contributed by atoms with van der Waals surface area (Å²) >= 11 is 5.92. The van der Waals surface area contributed by atoms with E-state index in [1.807, 2.05) is 0 Å². The van der Waals surface area contributed by atoms with Crippen molar-refractivity contribution in [2.75, 3.05) is 13.2 Å². The van der Waals surface area contributed by atoms with Gasteiger partial charge < -0.3 is 14.8 Å². The molecule has 23 heavy (non-hydrogen) atoms. The molecule has 1 amide bonds. The average Bonchev–Trinajstić information content (AvgIpc) is 2.54. The van der Waals surface area contributed by atoms with E-state index >= 15 is 0 Å². The predicted octanol–water partition coefficient (Wildman–Crippen LogP) is 2.96. The average molecular weight is 340 g/mol. The monoisotopic (exact) mass is 339 g/mol. The van der Waals surface area contributed by atoms with Gasteiger partial charge in [0.15, 0.2) is 13.2 Å². The summed E-state index contributed by atoms with van der Waals surface area (Å²) in [6, 6.07) is 7.03. The zero-order valence-corrected chi connectivity index (χ0v) is 14.0. The van der Waals surface area contributed by atoms with Crippen molar-refractivity contribution in [3.8, 4) is 5.75 Å². The molecule has 1 aliphatic carbocycles. The van der Waals surface area contributed by atoms with E-state index in [0.29, 0.717) is 16.7 Å². The molecule has 2 atom stereocenters. The minimum absolute atomic E-state index is 0.175. The predicted molar refractivity (Wildman–Crippen MR) is 87.5 cm³/mol. The second kappa shape index (κ2) is 8.77. The van der Waals surface area contributed by atoms with Gasteiger partial charge in [-0.25, -0.2) is 4.79 Å². The van der Waals surface area contributed by atoms with E-state index in [-0.39, 0.29) is 25.2 Å². The molecule has 2 rings (SSSR count). The highest BCUT2D eigenvalue weighted by Crippen LogP contribution is 2.24. The van der Waals surface area contributed by atoms with Crippen LogP contribution in [-0.4, -0.2) is 31.1 Å². The molecule has 1 aromatic rings. The number of nitrogens with one attached hydrogen (secondary N) is 1. The van der Waals surface area contributed by atoms with E-state index in [1.165, 1.54) is 6.42 Å². The van der Waals surface area contributed by atoms with Crippen molar-refractivity contribution in [2.24, 2.45) is 5.92 Å². The van der Waals surface area contributed by atoms with Gasteiger partial charge in [-0.2, -0.15) is 0 Å². The first-order chi connectivity index (χ1) is 11.1. The van der Waals surface area contributed by atoms with Crippen molar-refractivity contribution in [3.63, 3.8) is 0 Å². The number of halogens is 1. The number of amides is 1. The Balaban J connectivity index is 1.67. The van der Waals surface area contributed by atoms with Crippen molar-refractivity contribution in [1.82, 2.24) is 5.32 Å². The minimum atomic E-state index is -0.600. The van der Waals surface area contributed by atoms with Crippen LogP contribution in [0.1, 0.15) is 32.6 Å². The topological polar surface area (TPSA) is 64.6 Å². The standard InChI is InChI=1S/C17H22ClNO4/c1-12-6-2-4-8-14(12)19-16(20)10-23-17(21)11-22-15-9-5-3-7-13(15)18/h3,5,7,9,12,14H,2,4,6,8,10-11H2,1H3,(H,19,20)/t12-,14-/m0/s1. The van der Waals surface area contributed by atoms with E-state index in [9.17, 15) is 9.59 Å². The highest BCUT2D eigenvalue weighted by molar-refractivity contribution is 6.32. The second-order valence-corrected chi connectivity index (χ2v) is 6.22. The maximum Gasteiger partial charge on any atom is 0.344 e. The van der Waals surface area contributed by atoms with Crippen LogP contribution in [-0.2, 0) is 14.3 Å². The Kier molecular flexibility index (Phi) is 6.71. The molecular formula is C17H22ClNO4. The van der Waals surface area contributed by atoms with E-state index in [4.69, 9.17) is 21.1 Å². The Morgan fingerprint density at radius 2 is 1.96 bits per heavy atom. The van der Waals surface area contributed by atoms with Gasteiger partial charge in [0.05, 0.1) is 5.02 Å². The van der Waals surface area contributed by atoms with Crippen molar-refractivity contribution in [3.05, 3.63) is 29.3 Å². The molecule has 6 heteroatoms. The maximum atomic E-state index is 11.8. The van der Waals surface area contributed by atoms with Crippen LogP contribution in [0.15, 0.2) is 24.3 Å². The Morgan fingerprint density at radius 3 is 2.70 bits per heavy atom. The highest BCUT2D eigenvalue weighted by atomic mass is 35.5. The molecule has 5 nitrogen and oxygen atoms in total. The van der Waals surface area contributed by atoms with Crippen molar-refractivity contribution in [1.29, 1.82) is 0 Å². The Labute approximate surface area is 141 Å². The normalized spacial score (nSPS) is 20.6. The molecule has 126 valence electrons. The fraction of sp³-hybridized carbons (Fsp3) is 0.529. The van der Waals surface area contributed by atoms with Crippen molar-refractivity contribution in [2.45, 2.75) is 38.6 Å². The van der Waals surface area contributed by atoms with Gasteiger partial charge in [-0.15, -0.1) is 0 Å². The summed E-state index contributed by atoms with van der Waals surface area (Å²) < 4.78 is 10.2. The summed E-state index contributed by atoms with van der Waals surface area (Å²) in [5, 5.41) is 3.35. The van der Waals surface area contributed by atoms with Crippen LogP contribution in [0, 0.1) is 5.92 Å². The van der Waals surface area contributed by atoms with Gasteiger partial charge >= 0.3 is 5.97 Å². The number of ether oxygens (including phenoxy) is 2. The zero-order chi connectivity index (χ0) is 16.7. The van der Waals surface area contributed by atoms with Crippen LogP contribution in [0.5, 0.6) is 5.75 Å². The van der Waals surface area contributed by atoms with Gasteiger partial charge in [0.2, 0.25) is 0 Å². The fourth-order valence-corrected chi connectivity index (χ4v) is 2.86. The number of carbonyl (C=O) groups is 2. The van der Waals surface area contributed by atoms with Crippen LogP contribution < -0.4 is 10.1 Å². The van der Waals surface area contributed by atoms with E-state index < -0.39 is 5.97 Å². The van der Waals surface area contributed by atoms with Gasteiger partial charge in [0, 0.05) is 6.04 Å². The molecule has 1 saturated carbocycles. The quantitative estimate of drug-likeness (QED) is 0.809. The highest BCUT2D eigenvalue weighted by Gasteiger charge is 2.23. The first-order valence-electron chi connectivity index (χ1n) is 7.88. The van der Waals surface area contributed by atoms with E-state index in [1.54, 1.807) is 24.3 Å². The fourth-order valence-electron chi connectivity index (χ4n) is 2.67. The third kappa shape index (κ3) is 5.75. The lowest BCUT2D eigenvalue weighted by atomic mass is 9.86.